The summed E-state index contributed by atoms with van der Waals surface area (Å²) in [7, 11) is 4.50. The first-order valence-corrected chi connectivity index (χ1v) is 7.18. The first-order chi connectivity index (χ1) is 12.4. The van der Waals surface area contributed by atoms with Crippen LogP contribution < -0.4 is 17.2 Å². The molecule has 0 radical (unpaired) electrons. The van der Waals surface area contributed by atoms with Crippen LogP contribution in [0.25, 0.3) is 0 Å². The van der Waals surface area contributed by atoms with Crippen LogP contribution >= 0.6 is 0 Å². The van der Waals surface area contributed by atoms with Crippen molar-refractivity contribution in [2.75, 3.05) is 21.1 Å². The van der Waals surface area contributed by atoms with Crippen molar-refractivity contribution in [1.82, 2.24) is 0 Å². The molecule has 0 atom stereocenters. The Labute approximate surface area is 159 Å². The first-order valence-electron chi connectivity index (χ1n) is 7.18. The lowest BCUT2D eigenvalue weighted by atomic mass is 10.7. The van der Waals surface area contributed by atoms with E-state index in [0.717, 1.165) is 0 Å². The van der Waals surface area contributed by atoms with Crippen molar-refractivity contribution in [3.8, 4) is 0 Å². The average Bonchev–Trinajstić information content (AvgIpc) is 2.50. The highest BCUT2D eigenvalue weighted by molar-refractivity contribution is 5.83. The largest absolute Gasteiger partial charge is 0.394 e. The van der Waals surface area contributed by atoms with Crippen LogP contribution in [0.1, 0.15) is 41.5 Å². The van der Waals surface area contributed by atoms with Gasteiger partial charge in [-0.15, -0.1) is 0 Å². The van der Waals surface area contributed by atoms with Gasteiger partial charge in [0, 0.05) is 41.5 Å². The maximum Gasteiger partial charge on any atom is 0.310 e. The maximum atomic E-state index is 9.81. The van der Waals surface area contributed by atoms with E-state index in [1.54, 1.807) is 0 Å². The zero-order chi connectivity index (χ0) is 23.6. The minimum absolute atomic E-state index is 0.562. The van der Waals surface area contributed by atoms with Crippen LogP contribution in [0, 0.1) is 0 Å². The van der Waals surface area contributed by atoms with E-state index in [2.05, 4.69) is 31.4 Å². The third-order valence-electron chi connectivity index (χ3n) is 0.862. The third-order valence-corrected chi connectivity index (χ3v) is 0.862. The lowest BCUT2D eigenvalue weighted by Crippen LogP contribution is -2.03. The minimum atomic E-state index is -0.562. The van der Waals surface area contributed by atoms with Crippen LogP contribution in [0.15, 0.2) is 0 Å². The summed E-state index contributed by atoms with van der Waals surface area (Å²) in [6, 6.07) is 0. The second-order valence-electron chi connectivity index (χ2n) is 3.26. The third kappa shape index (κ3) is 122. The van der Waals surface area contributed by atoms with E-state index >= 15 is 0 Å². The topological polar surface area (TPSA) is 208 Å². The highest BCUT2D eigenvalue weighted by Crippen LogP contribution is 1.75. The Morgan fingerprint density at radius 3 is 0.444 bits per heavy atom. The molecular formula is C15H33N3O9. The van der Waals surface area contributed by atoms with Crippen molar-refractivity contribution in [2.24, 2.45) is 17.2 Å². The fraction of sp³-hybridized carbons (Fsp3) is 0.600. The van der Waals surface area contributed by atoms with Gasteiger partial charge in [-0.05, 0) is 21.1 Å². The summed E-state index contributed by atoms with van der Waals surface area (Å²) in [5.74, 6) is -3.37. The number of carbonyl (C=O) groups excluding carboxylic acids is 6. The Bertz CT molecular complexity index is 327. The Hall–Kier alpha value is -2.70. The number of nitrogens with two attached hydrogens (primary N) is 3. The summed E-state index contributed by atoms with van der Waals surface area (Å²) in [6.45, 7) is 7.09. The lowest BCUT2D eigenvalue weighted by molar-refractivity contribution is -0.158. The molecule has 0 aliphatic heterocycles. The summed E-state index contributed by atoms with van der Waals surface area (Å²) in [4.78, 5) is 58.9. The van der Waals surface area contributed by atoms with Gasteiger partial charge in [0.25, 0.3) is 0 Å². The van der Waals surface area contributed by atoms with Crippen LogP contribution in [-0.2, 0) is 43.0 Å². The molecule has 12 heteroatoms. The van der Waals surface area contributed by atoms with Crippen molar-refractivity contribution in [3.63, 3.8) is 0 Å². The summed E-state index contributed by atoms with van der Waals surface area (Å²) in [6.07, 6.45) is 0. The SMILES string of the molecule is CC(=O)OC(C)=O.CC(=O)OC(C)=O.CC(=O)OC(C)=O.CN.CN.CN. The Balaban J connectivity index is -0.0000000535. The van der Waals surface area contributed by atoms with Crippen LogP contribution in [0.4, 0.5) is 0 Å². The number of rotatable bonds is 0. The fourth-order valence-electron chi connectivity index (χ4n) is 0.607. The van der Waals surface area contributed by atoms with Gasteiger partial charge < -0.3 is 31.4 Å². The Morgan fingerprint density at radius 2 is 0.444 bits per heavy atom. The maximum absolute atomic E-state index is 9.81. The van der Waals surface area contributed by atoms with Crippen molar-refractivity contribution in [3.05, 3.63) is 0 Å². The summed E-state index contributed by atoms with van der Waals surface area (Å²) in [5.41, 5.74) is 13.5. The van der Waals surface area contributed by atoms with E-state index in [9.17, 15) is 28.8 Å². The van der Waals surface area contributed by atoms with E-state index in [-0.39, 0.29) is 0 Å². The van der Waals surface area contributed by atoms with E-state index in [1.807, 2.05) is 0 Å². The highest BCUT2D eigenvalue weighted by Gasteiger charge is 1.94. The second kappa shape index (κ2) is 34.6. The van der Waals surface area contributed by atoms with Crippen LogP contribution in [0.3, 0.4) is 0 Å². The van der Waals surface area contributed by atoms with Gasteiger partial charge in [0.1, 0.15) is 0 Å². The molecule has 162 valence electrons. The number of ether oxygens (including phenoxy) is 3. The monoisotopic (exact) mass is 399 g/mol. The van der Waals surface area contributed by atoms with Crippen LogP contribution in [0.5, 0.6) is 0 Å². The van der Waals surface area contributed by atoms with Gasteiger partial charge in [0.05, 0.1) is 0 Å². The van der Waals surface area contributed by atoms with Gasteiger partial charge in [0.2, 0.25) is 0 Å². The molecule has 0 aliphatic carbocycles. The van der Waals surface area contributed by atoms with E-state index in [4.69, 9.17) is 0 Å². The number of carbonyl (C=O) groups is 6. The molecule has 0 spiro atoms. The molecule has 0 unspecified atom stereocenters. The lowest BCUT2D eigenvalue weighted by Gasteiger charge is -1.87. The van der Waals surface area contributed by atoms with Crippen LogP contribution in [0.2, 0.25) is 0 Å². The van der Waals surface area contributed by atoms with Gasteiger partial charge >= 0.3 is 35.8 Å². The number of hydrogen-bond acceptors (Lipinski definition) is 12. The molecule has 0 fully saturated rings. The molecule has 6 N–H and O–H groups in total. The van der Waals surface area contributed by atoms with Gasteiger partial charge in [-0.1, -0.05) is 0 Å². The molecule has 27 heavy (non-hydrogen) atoms. The normalized spacial score (nSPS) is 6.67. The predicted molar refractivity (Wildman–Crippen MR) is 97.7 cm³/mol. The van der Waals surface area contributed by atoms with Gasteiger partial charge in [-0.25, -0.2) is 0 Å². The van der Waals surface area contributed by atoms with Crippen molar-refractivity contribution in [2.45, 2.75) is 41.5 Å². The molecule has 0 saturated heterocycles. The fourth-order valence-corrected chi connectivity index (χ4v) is 0.607. The predicted octanol–water partition coefficient (Wildman–Crippen LogP) is -0.987. The number of hydrogen-bond donors (Lipinski definition) is 3. The number of esters is 6. The summed E-state index contributed by atoms with van der Waals surface area (Å²) < 4.78 is 11.9. The second-order valence-corrected chi connectivity index (χ2v) is 3.26. The zero-order valence-electron chi connectivity index (χ0n) is 17.4. The zero-order valence-corrected chi connectivity index (χ0v) is 17.4. The smallest absolute Gasteiger partial charge is 0.310 e. The molecule has 0 aromatic rings. The van der Waals surface area contributed by atoms with E-state index in [1.165, 1.54) is 62.7 Å². The Morgan fingerprint density at radius 1 is 0.370 bits per heavy atom. The molecule has 0 aromatic carbocycles. The molecular weight excluding hydrogens is 366 g/mol. The molecule has 0 aromatic heterocycles. The van der Waals surface area contributed by atoms with E-state index < -0.39 is 35.8 Å². The average molecular weight is 399 g/mol. The molecule has 12 nitrogen and oxygen atoms in total. The van der Waals surface area contributed by atoms with Crippen molar-refractivity contribution in [1.29, 1.82) is 0 Å². The quantitative estimate of drug-likeness (QED) is 0.255. The summed E-state index contributed by atoms with van der Waals surface area (Å²) in [5, 5.41) is 0. The molecule has 0 rings (SSSR count). The first kappa shape index (κ1) is 39.4. The van der Waals surface area contributed by atoms with Gasteiger partial charge in [-0.3, -0.25) is 28.8 Å². The standard InChI is InChI=1S/3C4H6O3.3CH5N/c3*1-3(5)7-4(2)6;3*1-2/h3*1-2H3;3*2H2,1H3. The van der Waals surface area contributed by atoms with Gasteiger partial charge in [-0.2, -0.15) is 0 Å². The molecule has 0 amide bonds. The Kier molecular flexibility index (Phi) is 50.5. The van der Waals surface area contributed by atoms with Crippen molar-refractivity contribution < 1.29 is 43.0 Å². The van der Waals surface area contributed by atoms with Crippen molar-refractivity contribution >= 4 is 35.8 Å². The highest BCUT2D eigenvalue weighted by atomic mass is 16.6. The molecule has 0 saturated carbocycles. The van der Waals surface area contributed by atoms with Gasteiger partial charge in [0.15, 0.2) is 0 Å². The minimum Gasteiger partial charge on any atom is -0.394 e. The van der Waals surface area contributed by atoms with E-state index in [0.29, 0.717) is 0 Å². The summed E-state index contributed by atoms with van der Waals surface area (Å²) >= 11 is 0. The molecule has 0 heterocycles. The molecule has 0 aliphatic rings. The molecule has 0 bridgehead atoms. The van der Waals surface area contributed by atoms with Crippen LogP contribution in [-0.4, -0.2) is 57.0 Å².